The molecule has 22 heavy (non-hydrogen) atoms. The maximum Gasteiger partial charge on any atom is 0.227 e. The van der Waals surface area contributed by atoms with Crippen molar-refractivity contribution in [2.75, 3.05) is 6.54 Å². The summed E-state index contributed by atoms with van der Waals surface area (Å²) in [5.41, 5.74) is 4.99. The third kappa shape index (κ3) is 3.06. The Kier molecular flexibility index (Phi) is 4.28. The SMILES string of the molecule is Cc1ccc(C2CCCN2C(=O)Cc2ccccc2)cc1C. The van der Waals surface area contributed by atoms with Gasteiger partial charge in [0, 0.05) is 6.54 Å². The van der Waals surface area contributed by atoms with Gasteiger partial charge < -0.3 is 4.90 Å². The van der Waals surface area contributed by atoms with Crippen LogP contribution in [-0.4, -0.2) is 17.4 Å². The van der Waals surface area contributed by atoms with Crippen molar-refractivity contribution in [2.45, 2.75) is 39.2 Å². The maximum absolute atomic E-state index is 12.7. The van der Waals surface area contributed by atoms with E-state index in [1.165, 1.54) is 16.7 Å². The third-order valence-electron chi connectivity index (χ3n) is 4.69. The Morgan fingerprint density at radius 1 is 1.09 bits per heavy atom. The topological polar surface area (TPSA) is 20.3 Å². The number of carbonyl (C=O) groups is 1. The Morgan fingerprint density at radius 2 is 1.86 bits per heavy atom. The van der Waals surface area contributed by atoms with E-state index in [1.54, 1.807) is 0 Å². The predicted octanol–water partition coefficient (Wildman–Crippen LogP) is 4.21. The zero-order chi connectivity index (χ0) is 15.5. The van der Waals surface area contributed by atoms with Crippen LogP contribution in [0.3, 0.4) is 0 Å². The van der Waals surface area contributed by atoms with E-state index in [2.05, 4.69) is 36.9 Å². The molecule has 0 radical (unpaired) electrons. The lowest BCUT2D eigenvalue weighted by molar-refractivity contribution is -0.131. The summed E-state index contributed by atoms with van der Waals surface area (Å²) in [6.07, 6.45) is 2.67. The zero-order valence-electron chi connectivity index (χ0n) is 13.4. The Hall–Kier alpha value is -2.09. The van der Waals surface area contributed by atoms with Gasteiger partial charge in [-0.2, -0.15) is 0 Å². The standard InChI is InChI=1S/C20H23NO/c1-15-10-11-18(13-16(15)2)19-9-6-12-21(19)20(22)14-17-7-4-3-5-8-17/h3-5,7-8,10-11,13,19H,6,9,12,14H2,1-2H3. The van der Waals surface area contributed by atoms with E-state index in [1.807, 2.05) is 30.3 Å². The molecule has 0 N–H and O–H groups in total. The Morgan fingerprint density at radius 3 is 2.59 bits per heavy atom. The molecule has 1 aliphatic heterocycles. The highest BCUT2D eigenvalue weighted by molar-refractivity contribution is 5.79. The first-order valence-corrected chi connectivity index (χ1v) is 8.05. The fraction of sp³-hybridized carbons (Fsp3) is 0.350. The van der Waals surface area contributed by atoms with Gasteiger partial charge in [-0.25, -0.2) is 0 Å². The van der Waals surface area contributed by atoms with Crippen LogP contribution in [0.2, 0.25) is 0 Å². The summed E-state index contributed by atoms with van der Waals surface area (Å²) < 4.78 is 0. The number of likely N-dealkylation sites (tertiary alicyclic amines) is 1. The van der Waals surface area contributed by atoms with E-state index in [0.29, 0.717) is 6.42 Å². The van der Waals surface area contributed by atoms with Gasteiger partial charge in [-0.3, -0.25) is 4.79 Å². The smallest absolute Gasteiger partial charge is 0.227 e. The summed E-state index contributed by atoms with van der Waals surface area (Å²) in [5, 5.41) is 0. The number of nitrogens with zero attached hydrogens (tertiary/aromatic N) is 1. The van der Waals surface area contributed by atoms with Crippen LogP contribution in [0, 0.1) is 13.8 Å². The van der Waals surface area contributed by atoms with Crippen molar-refractivity contribution >= 4 is 5.91 Å². The van der Waals surface area contributed by atoms with Crippen molar-refractivity contribution in [3.63, 3.8) is 0 Å². The first kappa shape index (κ1) is 14.8. The van der Waals surface area contributed by atoms with Crippen LogP contribution in [0.15, 0.2) is 48.5 Å². The molecule has 0 aromatic heterocycles. The molecule has 1 aliphatic rings. The lowest BCUT2D eigenvalue weighted by atomic mass is 9.99. The normalized spacial score (nSPS) is 17.7. The minimum Gasteiger partial charge on any atom is -0.335 e. The van der Waals surface area contributed by atoms with E-state index in [-0.39, 0.29) is 11.9 Å². The van der Waals surface area contributed by atoms with Crippen molar-refractivity contribution in [3.05, 3.63) is 70.8 Å². The largest absolute Gasteiger partial charge is 0.335 e. The molecule has 0 bridgehead atoms. The highest BCUT2D eigenvalue weighted by Gasteiger charge is 2.29. The number of hydrogen-bond donors (Lipinski definition) is 0. The van der Waals surface area contributed by atoms with E-state index in [4.69, 9.17) is 0 Å². The van der Waals surface area contributed by atoms with Crippen LogP contribution >= 0.6 is 0 Å². The minimum absolute atomic E-state index is 0.243. The molecule has 0 aliphatic carbocycles. The minimum atomic E-state index is 0.243. The van der Waals surface area contributed by atoms with Crippen molar-refractivity contribution < 1.29 is 4.79 Å². The molecule has 1 saturated heterocycles. The zero-order valence-corrected chi connectivity index (χ0v) is 13.4. The Balaban J connectivity index is 1.77. The molecule has 0 spiro atoms. The molecule has 1 atom stereocenters. The summed E-state index contributed by atoms with van der Waals surface area (Å²) in [5.74, 6) is 0.243. The highest BCUT2D eigenvalue weighted by atomic mass is 16.2. The van der Waals surface area contributed by atoms with Gasteiger partial charge in [-0.05, 0) is 48.9 Å². The Bertz CT molecular complexity index is 663. The van der Waals surface area contributed by atoms with Gasteiger partial charge in [0.15, 0.2) is 0 Å². The molecule has 3 rings (SSSR count). The van der Waals surface area contributed by atoms with Crippen LogP contribution in [0.25, 0.3) is 0 Å². The van der Waals surface area contributed by atoms with Gasteiger partial charge in [0.1, 0.15) is 0 Å². The molecule has 2 heteroatoms. The molecule has 1 heterocycles. The van der Waals surface area contributed by atoms with Gasteiger partial charge in [0.05, 0.1) is 12.5 Å². The van der Waals surface area contributed by atoms with Crippen LogP contribution < -0.4 is 0 Å². The molecular formula is C20H23NO. The second-order valence-corrected chi connectivity index (χ2v) is 6.25. The average Bonchev–Trinajstić information content (AvgIpc) is 3.01. The number of hydrogen-bond acceptors (Lipinski definition) is 1. The molecule has 2 nitrogen and oxygen atoms in total. The molecule has 114 valence electrons. The Labute approximate surface area is 132 Å². The molecule has 1 unspecified atom stereocenters. The van der Waals surface area contributed by atoms with Crippen molar-refractivity contribution in [3.8, 4) is 0 Å². The molecule has 0 saturated carbocycles. The van der Waals surface area contributed by atoms with Gasteiger partial charge >= 0.3 is 0 Å². The van der Waals surface area contributed by atoms with E-state index in [0.717, 1.165) is 24.9 Å². The number of carbonyl (C=O) groups excluding carboxylic acids is 1. The van der Waals surface area contributed by atoms with Crippen molar-refractivity contribution in [1.29, 1.82) is 0 Å². The monoisotopic (exact) mass is 293 g/mol. The number of aryl methyl sites for hydroxylation is 2. The van der Waals surface area contributed by atoms with E-state index in [9.17, 15) is 4.79 Å². The van der Waals surface area contributed by atoms with Crippen molar-refractivity contribution in [1.82, 2.24) is 4.90 Å². The van der Waals surface area contributed by atoms with Gasteiger partial charge in [-0.1, -0.05) is 48.5 Å². The second-order valence-electron chi connectivity index (χ2n) is 6.25. The van der Waals surface area contributed by atoms with Gasteiger partial charge in [0.25, 0.3) is 0 Å². The molecular weight excluding hydrogens is 270 g/mol. The van der Waals surface area contributed by atoms with E-state index < -0.39 is 0 Å². The fourth-order valence-electron chi connectivity index (χ4n) is 3.26. The predicted molar refractivity (Wildman–Crippen MR) is 89.8 cm³/mol. The molecule has 1 amide bonds. The van der Waals surface area contributed by atoms with Crippen LogP contribution in [-0.2, 0) is 11.2 Å². The average molecular weight is 293 g/mol. The summed E-state index contributed by atoms with van der Waals surface area (Å²) in [6.45, 7) is 5.15. The highest BCUT2D eigenvalue weighted by Crippen LogP contribution is 2.33. The summed E-state index contributed by atoms with van der Waals surface area (Å²) in [7, 11) is 0. The molecule has 2 aromatic carbocycles. The number of rotatable bonds is 3. The third-order valence-corrected chi connectivity index (χ3v) is 4.69. The van der Waals surface area contributed by atoms with Crippen molar-refractivity contribution in [2.24, 2.45) is 0 Å². The van der Waals surface area contributed by atoms with Crippen LogP contribution in [0.4, 0.5) is 0 Å². The lowest BCUT2D eigenvalue weighted by Crippen LogP contribution is -2.31. The number of amides is 1. The van der Waals surface area contributed by atoms with E-state index >= 15 is 0 Å². The van der Waals surface area contributed by atoms with Crippen LogP contribution in [0.1, 0.15) is 41.1 Å². The fourth-order valence-corrected chi connectivity index (χ4v) is 3.26. The summed E-state index contributed by atoms with van der Waals surface area (Å²) >= 11 is 0. The quantitative estimate of drug-likeness (QED) is 0.830. The van der Waals surface area contributed by atoms with Gasteiger partial charge in [-0.15, -0.1) is 0 Å². The maximum atomic E-state index is 12.7. The first-order chi connectivity index (χ1) is 10.6. The number of benzene rings is 2. The molecule has 2 aromatic rings. The second kappa shape index (κ2) is 6.35. The lowest BCUT2D eigenvalue weighted by Gasteiger charge is -2.26. The first-order valence-electron chi connectivity index (χ1n) is 8.05. The summed E-state index contributed by atoms with van der Waals surface area (Å²) in [6, 6.07) is 16.9. The van der Waals surface area contributed by atoms with Gasteiger partial charge in [0.2, 0.25) is 5.91 Å². The summed E-state index contributed by atoms with van der Waals surface area (Å²) in [4.78, 5) is 14.7. The molecule has 1 fully saturated rings. The van der Waals surface area contributed by atoms with Crippen LogP contribution in [0.5, 0.6) is 0 Å².